The Morgan fingerprint density at radius 2 is 1.85 bits per heavy atom. The Balaban J connectivity index is 3.04. The Kier molecular flexibility index (Phi) is 5.12. The summed E-state index contributed by atoms with van der Waals surface area (Å²) in [7, 11) is 1.09. The highest BCUT2D eigenvalue weighted by Gasteiger charge is 2.16. The fourth-order valence-electron chi connectivity index (χ4n) is 1.43. The molecule has 0 saturated heterocycles. The van der Waals surface area contributed by atoms with Gasteiger partial charge in [0.2, 0.25) is 0 Å². The van der Waals surface area contributed by atoms with Crippen LogP contribution in [0.4, 0.5) is 5.69 Å². The fourth-order valence-corrected chi connectivity index (χ4v) is 1.43. The second-order valence-corrected chi connectivity index (χ2v) is 3.63. The van der Waals surface area contributed by atoms with Crippen molar-refractivity contribution in [2.75, 3.05) is 7.11 Å². The first kappa shape index (κ1) is 15.0. The maximum absolute atomic E-state index is 11.2. The molecule has 1 rings (SSSR count). The zero-order valence-electron chi connectivity index (χ0n) is 10.4. The molecule has 0 unspecified atom stereocenters. The SMILES string of the molecule is COC(=O)C(=C=O)CC(=C=O)c1ccc([N+](=O)[O-])cc1. The van der Waals surface area contributed by atoms with Gasteiger partial charge in [0.15, 0.2) is 0 Å². The number of nitrogens with zero attached hydrogens (tertiary/aromatic N) is 1. The Morgan fingerprint density at radius 1 is 1.25 bits per heavy atom. The first-order valence-corrected chi connectivity index (χ1v) is 5.34. The van der Waals surface area contributed by atoms with Gasteiger partial charge in [0, 0.05) is 24.1 Å². The summed E-state index contributed by atoms with van der Waals surface area (Å²) in [6.07, 6.45) is -0.308. The summed E-state index contributed by atoms with van der Waals surface area (Å²) in [5, 5.41) is 10.5. The van der Waals surface area contributed by atoms with Gasteiger partial charge in [-0.25, -0.2) is 14.4 Å². The van der Waals surface area contributed by atoms with Crippen LogP contribution < -0.4 is 0 Å². The third kappa shape index (κ3) is 3.49. The van der Waals surface area contributed by atoms with Crippen molar-refractivity contribution in [3.8, 4) is 0 Å². The van der Waals surface area contributed by atoms with Gasteiger partial charge in [-0.2, -0.15) is 0 Å². The number of hydrogen-bond donors (Lipinski definition) is 0. The molecule has 102 valence electrons. The van der Waals surface area contributed by atoms with E-state index >= 15 is 0 Å². The highest BCUT2D eigenvalue weighted by Crippen LogP contribution is 2.22. The summed E-state index contributed by atoms with van der Waals surface area (Å²) >= 11 is 0. The van der Waals surface area contributed by atoms with Gasteiger partial charge in [-0.3, -0.25) is 10.1 Å². The smallest absolute Gasteiger partial charge is 0.345 e. The monoisotopic (exact) mass is 275 g/mol. The summed E-state index contributed by atoms with van der Waals surface area (Å²) in [5.74, 6) is 2.11. The van der Waals surface area contributed by atoms with Crippen LogP contribution in [-0.2, 0) is 19.1 Å². The van der Waals surface area contributed by atoms with E-state index < -0.39 is 10.9 Å². The van der Waals surface area contributed by atoms with E-state index in [9.17, 15) is 24.5 Å². The van der Waals surface area contributed by atoms with E-state index in [0.29, 0.717) is 5.56 Å². The Hall–Kier alpha value is -3.01. The molecular formula is C13H9NO6. The molecule has 7 heteroatoms. The van der Waals surface area contributed by atoms with E-state index in [-0.39, 0.29) is 23.3 Å². The van der Waals surface area contributed by atoms with E-state index in [1.165, 1.54) is 30.2 Å². The maximum Gasteiger partial charge on any atom is 0.345 e. The predicted molar refractivity (Wildman–Crippen MR) is 68.0 cm³/mol. The summed E-state index contributed by atoms with van der Waals surface area (Å²) in [4.78, 5) is 42.7. The highest BCUT2D eigenvalue weighted by molar-refractivity contribution is 6.01. The number of methoxy groups -OCH3 is 1. The minimum Gasteiger partial charge on any atom is -0.465 e. The molecule has 7 nitrogen and oxygen atoms in total. The van der Waals surface area contributed by atoms with Crippen molar-refractivity contribution in [2.45, 2.75) is 6.42 Å². The van der Waals surface area contributed by atoms with Crippen molar-refractivity contribution in [1.29, 1.82) is 0 Å². The van der Waals surface area contributed by atoms with Crippen LogP contribution in [0.25, 0.3) is 5.57 Å². The number of nitro benzene ring substituents is 1. The lowest BCUT2D eigenvalue weighted by Crippen LogP contribution is -2.06. The molecule has 0 aromatic heterocycles. The topological polar surface area (TPSA) is 104 Å². The summed E-state index contributed by atoms with van der Waals surface area (Å²) < 4.78 is 4.36. The summed E-state index contributed by atoms with van der Waals surface area (Å²) in [6.45, 7) is 0. The number of rotatable bonds is 5. The Labute approximate surface area is 113 Å². The van der Waals surface area contributed by atoms with Crippen LogP contribution in [0.1, 0.15) is 12.0 Å². The largest absolute Gasteiger partial charge is 0.465 e. The molecule has 0 bridgehead atoms. The van der Waals surface area contributed by atoms with Crippen LogP contribution in [0.15, 0.2) is 29.8 Å². The molecule has 0 aliphatic carbocycles. The van der Waals surface area contributed by atoms with Crippen molar-refractivity contribution in [3.05, 3.63) is 45.5 Å². The second kappa shape index (κ2) is 6.80. The predicted octanol–water partition coefficient (Wildman–Crippen LogP) is 1.13. The molecule has 0 amide bonds. The number of non-ortho nitro benzene ring substituents is 1. The molecule has 0 fully saturated rings. The maximum atomic E-state index is 11.2. The molecular weight excluding hydrogens is 266 g/mol. The molecule has 20 heavy (non-hydrogen) atoms. The highest BCUT2D eigenvalue weighted by atomic mass is 16.6. The van der Waals surface area contributed by atoms with E-state index in [1.807, 2.05) is 0 Å². The third-order valence-corrected chi connectivity index (χ3v) is 2.46. The van der Waals surface area contributed by atoms with Gasteiger partial charge in [0.1, 0.15) is 17.5 Å². The third-order valence-electron chi connectivity index (χ3n) is 2.46. The normalized spacial score (nSPS) is 9.05. The molecule has 0 aliphatic heterocycles. The zero-order valence-corrected chi connectivity index (χ0v) is 10.4. The number of carbonyl (C=O) groups excluding carboxylic acids is 3. The summed E-state index contributed by atoms with van der Waals surface area (Å²) in [5.41, 5.74) is -0.173. The van der Waals surface area contributed by atoms with Crippen LogP contribution in [0.3, 0.4) is 0 Å². The zero-order chi connectivity index (χ0) is 15.1. The Morgan fingerprint density at radius 3 is 2.25 bits per heavy atom. The van der Waals surface area contributed by atoms with Gasteiger partial charge in [-0.15, -0.1) is 0 Å². The standard InChI is InChI=1S/C13H9NO6/c1-20-13(17)11(8-16)6-10(7-15)9-2-4-12(5-3-9)14(18)19/h2-5H,6H2,1H3. The van der Waals surface area contributed by atoms with E-state index in [0.717, 1.165) is 7.11 Å². The van der Waals surface area contributed by atoms with Crippen LogP contribution in [0.2, 0.25) is 0 Å². The van der Waals surface area contributed by atoms with E-state index in [1.54, 1.807) is 5.94 Å². The van der Waals surface area contributed by atoms with Gasteiger partial charge in [-0.1, -0.05) is 0 Å². The quantitative estimate of drug-likeness (QED) is 0.262. The first-order chi connectivity index (χ1) is 9.53. The van der Waals surface area contributed by atoms with E-state index in [4.69, 9.17) is 0 Å². The van der Waals surface area contributed by atoms with Crippen LogP contribution in [0, 0.1) is 10.1 Å². The minimum absolute atomic E-state index is 0.00338. The number of benzene rings is 1. The minimum atomic E-state index is -0.894. The average Bonchev–Trinajstić information content (AvgIpc) is 2.48. The van der Waals surface area contributed by atoms with Crippen molar-refractivity contribution < 1.29 is 24.0 Å². The number of hydrogen-bond acceptors (Lipinski definition) is 6. The summed E-state index contributed by atoms with van der Waals surface area (Å²) in [6, 6.07) is 5.07. The first-order valence-electron chi connectivity index (χ1n) is 5.34. The molecule has 1 aromatic rings. The van der Waals surface area contributed by atoms with E-state index in [2.05, 4.69) is 4.74 Å². The lowest BCUT2D eigenvalue weighted by Gasteiger charge is -2.03. The molecule has 0 radical (unpaired) electrons. The van der Waals surface area contributed by atoms with Gasteiger partial charge in [0.25, 0.3) is 5.69 Å². The van der Waals surface area contributed by atoms with Gasteiger partial charge < -0.3 is 4.74 Å². The van der Waals surface area contributed by atoms with Crippen molar-refractivity contribution in [3.63, 3.8) is 0 Å². The van der Waals surface area contributed by atoms with Gasteiger partial charge in [0.05, 0.1) is 12.0 Å². The fraction of sp³-hybridized carbons (Fsp3) is 0.154. The molecule has 1 aromatic carbocycles. The van der Waals surface area contributed by atoms with Crippen molar-refractivity contribution in [1.82, 2.24) is 0 Å². The number of carbonyl (C=O) groups is 1. The lowest BCUT2D eigenvalue weighted by molar-refractivity contribution is -0.384. The second-order valence-electron chi connectivity index (χ2n) is 3.63. The molecule has 0 N–H and O–H groups in total. The number of esters is 1. The van der Waals surface area contributed by atoms with Crippen molar-refractivity contribution >= 4 is 29.1 Å². The van der Waals surface area contributed by atoms with Crippen molar-refractivity contribution in [2.24, 2.45) is 0 Å². The molecule has 0 heterocycles. The number of nitro groups is 1. The molecule has 0 atom stereocenters. The number of allylic oxidation sites excluding steroid dienone is 1. The molecule has 0 aliphatic rings. The average molecular weight is 275 g/mol. The lowest BCUT2D eigenvalue weighted by atomic mass is 10.00. The van der Waals surface area contributed by atoms with Crippen LogP contribution in [0.5, 0.6) is 0 Å². The molecule has 0 spiro atoms. The van der Waals surface area contributed by atoms with Crippen LogP contribution in [-0.4, -0.2) is 29.9 Å². The van der Waals surface area contributed by atoms with Crippen LogP contribution >= 0.6 is 0 Å². The Bertz CT molecular complexity index is 633. The molecule has 0 saturated carbocycles. The number of ether oxygens (including phenoxy) is 1. The van der Waals surface area contributed by atoms with Gasteiger partial charge >= 0.3 is 5.97 Å². The van der Waals surface area contributed by atoms with Gasteiger partial charge in [-0.05, 0) is 17.7 Å².